The number of fused-ring (bicyclic) bond motifs is 3. The van der Waals surface area contributed by atoms with E-state index in [0.29, 0.717) is 12.1 Å². The molecule has 2 unspecified atom stereocenters. The van der Waals surface area contributed by atoms with Gasteiger partial charge < -0.3 is 15.2 Å². The standard InChI is InChI=1S/C19H24N8/c1-25-9-12(6-22-25)18-23-17-16(4-5-21-19(17)24-18)26-10-13-2-3-14(11-26)27(13)15-7-20-8-15/h4-6,9,13-15,20H,2-3,7-8,10-11H2,1H3,(H,21,23,24). The lowest BCUT2D eigenvalue weighted by Gasteiger charge is -2.48. The van der Waals surface area contributed by atoms with Crippen LogP contribution in [0.3, 0.4) is 0 Å². The fraction of sp³-hybridized carbons (Fsp3) is 0.526. The van der Waals surface area contributed by atoms with Crippen molar-refractivity contribution in [1.29, 1.82) is 0 Å². The van der Waals surface area contributed by atoms with E-state index < -0.39 is 0 Å². The van der Waals surface area contributed by atoms with Gasteiger partial charge in [-0.3, -0.25) is 9.58 Å². The van der Waals surface area contributed by atoms with Crippen LogP contribution >= 0.6 is 0 Å². The zero-order valence-corrected chi connectivity index (χ0v) is 15.5. The molecule has 140 valence electrons. The smallest absolute Gasteiger partial charge is 0.159 e. The van der Waals surface area contributed by atoms with Crippen LogP contribution in [0.15, 0.2) is 24.7 Å². The lowest BCUT2D eigenvalue weighted by atomic mass is 10.0. The Kier molecular flexibility index (Phi) is 3.33. The number of aryl methyl sites for hydroxylation is 1. The molecule has 3 aliphatic rings. The Morgan fingerprint density at radius 2 is 1.93 bits per heavy atom. The maximum atomic E-state index is 4.89. The molecule has 2 bridgehead atoms. The Labute approximate surface area is 157 Å². The van der Waals surface area contributed by atoms with Crippen molar-refractivity contribution in [3.63, 3.8) is 0 Å². The molecule has 0 radical (unpaired) electrons. The maximum absolute atomic E-state index is 4.89. The predicted molar refractivity (Wildman–Crippen MR) is 104 cm³/mol. The van der Waals surface area contributed by atoms with Crippen LogP contribution in [0, 0.1) is 0 Å². The number of aromatic amines is 1. The third kappa shape index (κ3) is 2.40. The van der Waals surface area contributed by atoms with Crippen molar-refractivity contribution in [2.45, 2.75) is 31.0 Å². The van der Waals surface area contributed by atoms with E-state index in [1.54, 1.807) is 4.68 Å². The van der Waals surface area contributed by atoms with E-state index in [-0.39, 0.29) is 0 Å². The van der Waals surface area contributed by atoms with Gasteiger partial charge in [0.05, 0.1) is 17.4 Å². The maximum Gasteiger partial charge on any atom is 0.159 e. The first-order valence-corrected chi connectivity index (χ1v) is 9.83. The van der Waals surface area contributed by atoms with Crippen LogP contribution in [0.25, 0.3) is 22.6 Å². The van der Waals surface area contributed by atoms with Crippen LogP contribution in [0.2, 0.25) is 0 Å². The highest BCUT2D eigenvalue weighted by atomic mass is 15.4. The van der Waals surface area contributed by atoms with Crippen molar-refractivity contribution in [3.05, 3.63) is 24.7 Å². The van der Waals surface area contributed by atoms with E-state index in [0.717, 1.165) is 54.8 Å². The Bertz CT molecular complexity index is 973. The molecule has 0 aromatic carbocycles. The minimum absolute atomic E-state index is 0.663. The Morgan fingerprint density at radius 1 is 1.11 bits per heavy atom. The van der Waals surface area contributed by atoms with E-state index in [1.807, 2.05) is 25.6 Å². The molecule has 8 heteroatoms. The van der Waals surface area contributed by atoms with Gasteiger partial charge in [-0.25, -0.2) is 9.97 Å². The molecule has 0 amide bonds. The monoisotopic (exact) mass is 364 g/mol. The van der Waals surface area contributed by atoms with E-state index in [2.05, 4.69) is 36.2 Å². The van der Waals surface area contributed by atoms with Gasteiger partial charge in [0, 0.05) is 63.7 Å². The van der Waals surface area contributed by atoms with Crippen LogP contribution in [-0.2, 0) is 7.05 Å². The topological polar surface area (TPSA) is 77.9 Å². The molecule has 3 fully saturated rings. The largest absolute Gasteiger partial charge is 0.366 e. The normalized spacial score (nSPS) is 26.0. The van der Waals surface area contributed by atoms with Gasteiger partial charge in [0.25, 0.3) is 0 Å². The summed E-state index contributed by atoms with van der Waals surface area (Å²) < 4.78 is 1.79. The summed E-state index contributed by atoms with van der Waals surface area (Å²) in [5.41, 5.74) is 4.01. The molecular formula is C19H24N8. The SMILES string of the molecule is Cn1cc(-c2nc3c(N4CC5CCC(C4)N5C4CNC4)ccnc3[nH]2)cn1. The summed E-state index contributed by atoms with van der Waals surface area (Å²) in [7, 11) is 1.92. The number of nitrogens with zero attached hydrogens (tertiary/aromatic N) is 6. The summed E-state index contributed by atoms with van der Waals surface area (Å²) in [4.78, 5) is 18.1. The first-order valence-electron chi connectivity index (χ1n) is 9.83. The highest BCUT2D eigenvalue weighted by molar-refractivity contribution is 5.88. The molecule has 0 spiro atoms. The minimum Gasteiger partial charge on any atom is -0.366 e. The summed E-state index contributed by atoms with van der Waals surface area (Å²) >= 11 is 0. The third-order valence-electron chi connectivity index (χ3n) is 6.40. The molecule has 6 heterocycles. The minimum atomic E-state index is 0.663. The Balaban J connectivity index is 1.34. The van der Waals surface area contributed by atoms with E-state index in [1.165, 1.54) is 18.5 Å². The van der Waals surface area contributed by atoms with E-state index in [4.69, 9.17) is 4.98 Å². The number of H-pyrrole nitrogens is 1. The van der Waals surface area contributed by atoms with Crippen LogP contribution in [0.5, 0.6) is 0 Å². The zero-order chi connectivity index (χ0) is 18.0. The number of pyridine rings is 1. The van der Waals surface area contributed by atoms with Crippen molar-refractivity contribution in [2.75, 3.05) is 31.1 Å². The van der Waals surface area contributed by atoms with Gasteiger partial charge in [-0.05, 0) is 18.9 Å². The van der Waals surface area contributed by atoms with Gasteiger partial charge in [-0.2, -0.15) is 5.10 Å². The van der Waals surface area contributed by atoms with Gasteiger partial charge in [-0.1, -0.05) is 0 Å². The van der Waals surface area contributed by atoms with Crippen molar-refractivity contribution in [3.8, 4) is 11.4 Å². The molecule has 8 nitrogen and oxygen atoms in total. The number of aromatic nitrogens is 5. The molecule has 3 aromatic rings. The van der Waals surface area contributed by atoms with Crippen molar-refractivity contribution < 1.29 is 0 Å². The van der Waals surface area contributed by atoms with E-state index in [9.17, 15) is 0 Å². The van der Waals surface area contributed by atoms with Gasteiger partial charge in [0.15, 0.2) is 5.65 Å². The number of piperazine rings is 1. The average molecular weight is 364 g/mol. The quantitative estimate of drug-likeness (QED) is 0.722. The summed E-state index contributed by atoms with van der Waals surface area (Å²) in [5, 5.41) is 7.69. The summed E-state index contributed by atoms with van der Waals surface area (Å²) in [6, 6.07) is 4.19. The third-order valence-corrected chi connectivity index (χ3v) is 6.40. The average Bonchev–Trinajstić information content (AvgIpc) is 3.29. The number of hydrogen-bond donors (Lipinski definition) is 2. The summed E-state index contributed by atoms with van der Waals surface area (Å²) in [6.45, 7) is 4.48. The molecule has 0 aliphatic carbocycles. The highest BCUT2D eigenvalue weighted by Gasteiger charge is 2.45. The molecule has 2 N–H and O–H groups in total. The number of nitrogens with one attached hydrogen (secondary N) is 2. The second-order valence-electron chi connectivity index (χ2n) is 8.06. The molecular weight excluding hydrogens is 340 g/mol. The predicted octanol–water partition coefficient (Wildman–Crippen LogP) is 0.983. The lowest BCUT2D eigenvalue weighted by Crippen LogP contribution is -2.65. The van der Waals surface area contributed by atoms with Crippen molar-refractivity contribution >= 4 is 16.9 Å². The van der Waals surface area contributed by atoms with Gasteiger partial charge in [-0.15, -0.1) is 0 Å². The van der Waals surface area contributed by atoms with Crippen molar-refractivity contribution in [1.82, 2.24) is 34.9 Å². The van der Waals surface area contributed by atoms with Crippen LogP contribution in [-0.4, -0.2) is 73.9 Å². The molecule has 3 aliphatic heterocycles. The number of rotatable bonds is 3. The lowest BCUT2D eigenvalue weighted by molar-refractivity contribution is 0.0771. The second kappa shape index (κ2) is 5.77. The molecule has 2 atom stereocenters. The van der Waals surface area contributed by atoms with E-state index >= 15 is 0 Å². The molecule has 6 rings (SSSR count). The van der Waals surface area contributed by atoms with Gasteiger partial charge in [0.2, 0.25) is 0 Å². The van der Waals surface area contributed by atoms with Crippen LogP contribution in [0.1, 0.15) is 12.8 Å². The van der Waals surface area contributed by atoms with Gasteiger partial charge >= 0.3 is 0 Å². The number of hydrogen-bond acceptors (Lipinski definition) is 6. The Hall–Kier alpha value is -2.45. The van der Waals surface area contributed by atoms with Crippen LogP contribution in [0.4, 0.5) is 5.69 Å². The molecule has 0 saturated carbocycles. The summed E-state index contributed by atoms with van der Waals surface area (Å²) in [5.74, 6) is 0.834. The first-order chi connectivity index (χ1) is 13.3. The first kappa shape index (κ1) is 15.6. The second-order valence-corrected chi connectivity index (χ2v) is 8.06. The number of imidazole rings is 1. The molecule has 3 aromatic heterocycles. The Morgan fingerprint density at radius 3 is 2.59 bits per heavy atom. The zero-order valence-electron chi connectivity index (χ0n) is 15.5. The fourth-order valence-corrected chi connectivity index (χ4v) is 5.05. The fourth-order valence-electron chi connectivity index (χ4n) is 5.05. The molecule has 27 heavy (non-hydrogen) atoms. The molecule has 3 saturated heterocycles. The number of anilines is 1. The van der Waals surface area contributed by atoms with Crippen LogP contribution < -0.4 is 10.2 Å². The summed E-state index contributed by atoms with van der Waals surface area (Å²) in [6.07, 6.45) is 8.33. The van der Waals surface area contributed by atoms with Crippen molar-refractivity contribution in [2.24, 2.45) is 7.05 Å². The van der Waals surface area contributed by atoms with Gasteiger partial charge in [0.1, 0.15) is 11.3 Å². The highest BCUT2D eigenvalue weighted by Crippen LogP contribution is 2.36.